The molecular weight excluding hydrogens is 172 g/mol. The van der Waals surface area contributed by atoms with Crippen molar-refractivity contribution in [3.05, 3.63) is 0 Å². The average Bonchev–Trinajstić information content (AvgIpc) is 2.27. The van der Waals surface area contributed by atoms with E-state index in [-0.39, 0.29) is 0 Å². The first-order valence-corrected chi connectivity index (χ1v) is 6.39. The first-order chi connectivity index (χ1) is 6.81. The summed E-state index contributed by atoms with van der Waals surface area (Å²) >= 11 is 0. The molecule has 1 aliphatic carbocycles. The fourth-order valence-corrected chi connectivity index (χ4v) is 2.68. The van der Waals surface area contributed by atoms with E-state index in [9.17, 15) is 0 Å². The third-order valence-electron chi connectivity index (χ3n) is 3.89. The molecule has 1 spiro atoms. The number of hydrogen-bond donors (Lipinski definition) is 0. The quantitative estimate of drug-likeness (QED) is 0.571. The average molecular weight is 198 g/mol. The van der Waals surface area contributed by atoms with Crippen LogP contribution in [-0.4, -0.2) is 13.2 Å². The summed E-state index contributed by atoms with van der Waals surface area (Å²) < 4.78 is 5.42. The van der Waals surface area contributed by atoms with Crippen LogP contribution in [0.25, 0.3) is 0 Å². The molecule has 1 aliphatic heterocycles. The summed E-state index contributed by atoms with van der Waals surface area (Å²) in [4.78, 5) is 0. The van der Waals surface area contributed by atoms with Gasteiger partial charge in [-0.2, -0.15) is 0 Å². The second kappa shape index (κ2) is 5.75. The van der Waals surface area contributed by atoms with Crippen LogP contribution in [0.1, 0.15) is 59.3 Å². The molecule has 2 aliphatic rings. The number of ether oxygens (including phenoxy) is 1. The molecule has 1 saturated heterocycles. The van der Waals surface area contributed by atoms with Gasteiger partial charge in [0.05, 0.1) is 0 Å². The Morgan fingerprint density at radius 2 is 1.43 bits per heavy atom. The molecule has 1 nitrogen and oxygen atoms in total. The van der Waals surface area contributed by atoms with E-state index in [4.69, 9.17) is 4.74 Å². The van der Waals surface area contributed by atoms with Gasteiger partial charge in [-0.25, -0.2) is 0 Å². The monoisotopic (exact) mass is 198 g/mol. The lowest BCUT2D eigenvalue weighted by atomic mass is 9.67. The number of rotatable bonds is 0. The molecule has 0 aromatic carbocycles. The highest BCUT2D eigenvalue weighted by molar-refractivity contribution is 4.86. The van der Waals surface area contributed by atoms with E-state index in [1.165, 1.54) is 38.5 Å². The van der Waals surface area contributed by atoms with Gasteiger partial charge in [-0.1, -0.05) is 33.6 Å². The Kier molecular flexibility index (Phi) is 4.94. The van der Waals surface area contributed by atoms with Gasteiger partial charge in [-0.05, 0) is 37.0 Å². The van der Waals surface area contributed by atoms with Crippen LogP contribution in [0.4, 0.5) is 0 Å². The van der Waals surface area contributed by atoms with E-state index >= 15 is 0 Å². The third-order valence-corrected chi connectivity index (χ3v) is 3.89. The summed E-state index contributed by atoms with van der Waals surface area (Å²) in [6.07, 6.45) is 8.52. The molecule has 0 radical (unpaired) electrons. The summed E-state index contributed by atoms with van der Waals surface area (Å²) in [6, 6.07) is 0. The Hall–Kier alpha value is -0.0400. The summed E-state index contributed by atoms with van der Waals surface area (Å²) in [7, 11) is 0. The van der Waals surface area contributed by atoms with Crippen LogP contribution in [-0.2, 0) is 4.74 Å². The molecule has 0 aromatic heterocycles. The van der Waals surface area contributed by atoms with Gasteiger partial charge in [0.1, 0.15) is 0 Å². The molecule has 0 unspecified atom stereocenters. The van der Waals surface area contributed by atoms with E-state index in [1.54, 1.807) is 0 Å². The van der Waals surface area contributed by atoms with Gasteiger partial charge in [-0.3, -0.25) is 0 Å². The fraction of sp³-hybridized carbons (Fsp3) is 1.00. The molecule has 1 heterocycles. The van der Waals surface area contributed by atoms with Crippen molar-refractivity contribution in [3.8, 4) is 0 Å². The highest BCUT2D eigenvalue weighted by Gasteiger charge is 2.35. The minimum Gasteiger partial charge on any atom is -0.381 e. The van der Waals surface area contributed by atoms with E-state index in [0.29, 0.717) is 5.41 Å². The van der Waals surface area contributed by atoms with Crippen LogP contribution in [0.3, 0.4) is 0 Å². The van der Waals surface area contributed by atoms with Gasteiger partial charge >= 0.3 is 0 Å². The summed E-state index contributed by atoms with van der Waals surface area (Å²) in [5.41, 5.74) is 0.713. The first-order valence-electron chi connectivity index (χ1n) is 6.39. The van der Waals surface area contributed by atoms with E-state index < -0.39 is 0 Å². The van der Waals surface area contributed by atoms with Crippen molar-refractivity contribution >= 4 is 0 Å². The fourth-order valence-electron chi connectivity index (χ4n) is 2.68. The molecule has 2 rings (SSSR count). The van der Waals surface area contributed by atoms with Crippen LogP contribution in [0.15, 0.2) is 0 Å². The minimum atomic E-state index is 0.713. The number of hydrogen-bond acceptors (Lipinski definition) is 1. The Balaban J connectivity index is 0.000000461. The van der Waals surface area contributed by atoms with Crippen molar-refractivity contribution in [2.24, 2.45) is 11.3 Å². The Morgan fingerprint density at radius 3 is 1.93 bits per heavy atom. The summed E-state index contributed by atoms with van der Waals surface area (Å²) in [5.74, 6) is 0.985. The highest BCUT2D eigenvalue weighted by Crippen LogP contribution is 2.45. The van der Waals surface area contributed by atoms with Crippen LogP contribution >= 0.6 is 0 Å². The first kappa shape index (κ1) is 12.0. The third kappa shape index (κ3) is 2.98. The van der Waals surface area contributed by atoms with Crippen LogP contribution < -0.4 is 0 Å². The molecule has 1 heteroatoms. The van der Waals surface area contributed by atoms with Crippen molar-refractivity contribution in [3.63, 3.8) is 0 Å². The van der Waals surface area contributed by atoms with Crippen molar-refractivity contribution in [1.29, 1.82) is 0 Å². The topological polar surface area (TPSA) is 9.23 Å². The standard InChI is InChI=1S/C11H20O.C2H6/c1-10-2-4-11(5-3-10)6-8-12-9-7-11;1-2/h10H,2-9H2,1H3;1-2H3. The van der Waals surface area contributed by atoms with Gasteiger partial charge in [0.25, 0.3) is 0 Å². The van der Waals surface area contributed by atoms with Gasteiger partial charge in [0, 0.05) is 13.2 Å². The lowest BCUT2D eigenvalue weighted by Gasteiger charge is -2.42. The molecule has 2 fully saturated rings. The predicted molar refractivity (Wildman–Crippen MR) is 61.5 cm³/mol. The molecule has 1 saturated carbocycles. The molecule has 0 atom stereocenters. The highest BCUT2D eigenvalue weighted by atomic mass is 16.5. The SMILES string of the molecule is CC.CC1CCC2(CCOCC2)CC1. The molecule has 0 bridgehead atoms. The second-order valence-electron chi connectivity index (χ2n) is 4.79. The lowest BCUT2D eigenvalue weighted by Crippen LogP contribution is -2.33. The normalized spacial score (nSPS) is 26.8. The summed E-state index contributed by atoms with van der Waals surface area (Å²) in [6.45, 7) is 8.44. The Bertz CT molecular complexity index is 137. The van der Waals surface area contributed by atoms with Gasteiger partial charge < -0.3 is 4.74 Å². The van der Waals surface area contributed by atoms with Crippen molar-refractivity contribution in [2.75, 3.05) is 13.2 Å². The van der Waals surface area contributed by atoms with E-state index in [0.717, 1.165) is 19.1 Å². The molecule has 0 N–H and O–H groups in total. The molecule has 0 amide bonds. The van der Waals surface area contributed by atoms with Gasteiger partial charge in [0.2, 0.25) is 0 Å². The van der Waals surface area contributed by atoms with E-state index in [2.05, 4.69) is 6.92 Å². The van der Waals surface area contributed by atoms with Crippen LogP contribution in [0, 0.1) is 11.3 Å². The van der Waals surface area contributed by atoms with Crippen molar-refractivity contribution < 1.29 is 4.74 Å². The Labute approximate surface area is 89.2 Å². The maximum atomic E-state index is 5.42. The minimum absolute atomic E-state index is 0.713. The maximum Gasteiger partial charge on any atom is 0.0471 e. The summed E-state index contributed by atoms with van der Waals surface area (Å²) in [5, 5.41) is 0. The molecule has 84 valence electrons. The molecule has 14 heavy (non-hydrogen) atoms. The molecule has 0 aromatic rings. The van der Waals surface area contributed by atoms with Crippen molar-refractivity contribution in [1.82, 2.24) is 0 Å². The maximum absolute atomic E-state index is 5.42. The zero-order chi connectivity index (χ0) is 10.4. The zero-order valence-electron chi connectivity index (χ0n) is 10.1. The predicted octanol–water partition coefficient (Wildman–Crippen LogP) is 4.02. The Morgan fingerprint density at radius 1 is 0.929 bits per heavy atom. The van der Waals surface area contributed by atoms with E-state index in [1.807, 2.05) is 13.8 Å². The smallest absolute Gasteiger partial charge is 0.0471 e. The second-order valence-corrected chi connectivity index (χ2v) is 4.79. The van der Waals surface area contributed by atoms with Crippen molar-refractivity contribution in [2.45, 2.75) is 59.3 Å². The van der Waals surface area contributed by atoms with Crippen LogP contribution in [0.2, 0.25) is 0 Å². The zero-order valence-corrected chi connectivity index (χ0v) is 10.1. The van der Waals surface area contributed by atoms with Crippen LogP contribution in [0.5, 0.6) is 0 Å². The molecular formula is C13H26O. The lowest BCUT2D eigenvalue weighted by molar-refractivity contribution is -0.0114. The largest absolute Gasteiger partial charge is 0.381 e. The van der Waals surface area contributed by atoms with Gasteiger partial charge in [0.15, 0.2) is 0 Å². The van der Waals surface area contributed by atoms with Gasteiger partial charge in [-0.15, -0.1) is 0 Å².